The standard InChI is InChI=1S/C22H24N10/c1-13-24-12-17(31(13)3)14-4-5-15-18(25-14)20(29-28-15)22-26-19-16(6-7-23-21(19)27-22)32-10-8-30(2)9-11-32/h4-7,12H,8-11H2,1-3H3,(H,28,29)(H,23,26,27). The lowest BCUT2D eigenvalue weighted by molar-refractivity contribution is 0.313. The Balaban J connectivity index is 1.45. The van der Waals surface area contributed by atoms with E-state index in [0.29, 0.717) is 11.5 Å². The highest BCUT2D eigenvalue weighted by Gasteiger charge is 2.21. The summed E-state index contributed by atoms with van der Waals surface area (Å²) in [5.41, 5.74) is 6.83. The molecule has 0 bridgehead atoms. The van der Waals surface area contributed by atoms with Gasteiger partial charge in [0.2, 0.25) is 0 Å². The van der Waals surface area contributed by atoms with Crippen molar-refractivity contribution >= 4 is 27.9 Å². The van der Waals surface area contributed by atoms with E-state index in [1.165, 1.54) is 0 Å². The topological polar surface area (TPSA) is 107 Å². The van der Waals surface area contributed by atoms with Gasteiger partial charge in [-0.05, 0) is 32.2 Å². The first-order chi connectivity index (χ1) is 15.6. The van der Waals surface area contributed by atoms with Crippen LogP contribution in [0, 0.1) is 6.92 Å². The molecule has 162 valence electrons. The lowest BCUT2D eigenvalue weighted by Gasteiger charge is -2.33. The van der Waals surface area contributed by atoms with Gasteiger partial charge in [0.15, 0.2) is 17.2 Å². The molecule has 1 fully saturated rings. The van der Waals surface area contributed by atoms with Crippen LogP contribution >= 0.6 is 0 Å². The number of pyridine rings is 2. The summed E-state index contributed by atoms with van der Waals surface area (Å²) in [6.07, 6.45) is 3.68. The first-order valence-corrected chi connectivity index (χ1v) is 10.7. The van der Waals surface area contributed by atoms with E-state index in [-0.39, 0.29) is 0 Å². The van der Waals surface area contributed by atoms with Gasteiger partial charge in [-0.15, -0.1) is 0 Å². The number of nitrogens with zero attached hydrogens (tertiary/aromatic N) is 8. The molecule has 0 aromatic carbocycles. The van der Waals surface area contributed by atoms with Gasteiger partial charge in [0.1, 0.15) is 16.9 Å². The van der Waals surface area contributed by atoms with Crippen molar-refractivity contribution in [3.05, 3.63) is 36.4 Å². The maximum absolute atomic E-state index is 4.91. The van der Waals surface area contributed by atoms with E-state index in [0.717, 1.165) is 71.3 Å². The van der Waals surface area contributed by atoms with Gasteiger partial charge in [-0.3, -0.25) is 5.10 Å². The second-order valence-corrected chi connectivity index (χ2v) is 8.32. The number of aromatic amines is 2. The van der Waals surface area contributed by atoms with E-state index >= 15 is 0 Å². The maximum Gasteiger partial charge on any atom is 0.162 e. The third-order valence-electron chi connectivity index (χ3n) is 6.32. The molecule has 0 saturated carbocycles. The number of imidazole rings is 2. The van der Waals surface area contributed by atoms with Crippen molar-refractivity contribution in [3.63, 3.8) is 0 Å². The highest BCUT2D eigenvalue weighted by atomic mass is 15.3. The number of hydrogen-bond acceptors (Lipinski definition) is 7. The molecule has 10 nitrogen and oxygen atoms in total. The van der Waals surface area contributed by atoms with Crippen LogP contribution in [0.15, 0.2) is 30.6 Å². The molecule has 1 saturated heterocycles. The second kappa shape index (κ2) is 7.13. The third-order valence-corrected chi connectivity index (χ3v) is 6.32. The Morgan fingerprint density at radius 1 is 0.938 bits per heavy atom. The number of nitrogens with one attached hydrogen (secondary N) is 2. The minimum absolute atomic E-state index is 0.658. The summed E-state index contributed by atoms with van der Waals surface area (Å²) in [5.74, 6) is 1.60. The predicted octanol–water partition coefficient (Wildman–Crippen LogP) is 2.36. The molecule has 2 N–H and O–H groups in total. The summed E-state index contributed by atoms with van der Waals surface area (Å²) >= 11 is 0. The van der Waals surface area contributed by atoms with E-state index in [2.05, 4.69) is 42.0 Å². The molecule has 0 amide bonds. The number of aryl methyl sites for hydroxylation is 1. The molecule has 5 aromatic heterocycles. The maximum atomic E-state index is 4.91. The number of fused-ring (bicyclic) bond motifs is 2. The Kier molecular flexibility index (Phi) is 4.22. The lowest BCUT2D eigenvalue weighted by atomic mass is 10.2. The van der Waals surface area contributed by atoms with E-state index in [1.54, 1.807) is 0 Å². The zero-order valence-electron chi connectivity index (χ0n) is 18.3. The third kappa shape index (κ3) is 2.94. The Morgan fingerprint density at radius 2 is 1.78 bits per heavy atom. The summed E-state index contributed by atoms with van der Waals surface area (Å²) < 4.78 is 2.03. The molecule has 32 heavy (non-hydrogen) atoms. The predicted molar refractivity (Wildman–Crippen MR) is 123 cm³/mol. The molecule has 0 aliphatic carbocycles. The lowest BCUT2D eigenvalue weighted by Crippen LogP contribution is -2.44. The average molecular weight is 429 g/mol. The van der Waals surface area contributed by atoms with Crippen LogP contribution in [0.5, 0.6) is 0 Å². The Morgan fingerprint density at radius 3 is 2.56 bits per heavy atom. The monoisotopic (exact) mass is 428 g/mol. The van der Waals surface area contributed by atoms with Crippen LogP contribution in [-0.2, 0) is 7.05 Å². The summed E-state index contributed by atoms with van der Waals surface area (Å²) in [5, 5.41) is 7.60. The fourth-order valence-electron chi connectivity index (χ4n) is 4.26. The summed E-state index contributed by atoms with van der Waals surface area (Å²) in [6, 6.07) is 6.02. The van der Waals surface area contributed by atoms with Crippen molar-refractivity contribution < 1.29 is 0 Å². The molecule has 6 heterocycles. The fraction of sp³-hybridized carbons (Fsp3) is 0.318. The van der Waals surface area contributed by atoms with Gasteiger partial charge >= 0.3 is 0 Å². The van der Waals surface area contributed by atoms with Crippen LogP contribution in [-0.4, -0.2) is 77.8 Å². The van der Waals surface area contributed by atoms with Crippen molar-refractivity contribution in [2.24, 2.45) is 7.05 Å². The minimum atomic E-state index is 0.658. The highest BCUT2D eigenvalue weighted by molar-refractivity contribution is 5.93. The van der Waals surface area contributed by atoms with Crippen LogP contribution in [0.1, 0.15) is 5.82 Å². The molecule has 0 atom stereocenters. The average Bonchev–Trinajstić information content (AvgIpc) is 3.50. The quantitative estimate of drug-likeness (QED) is 0.454. The molecule has 5 aromatic rings. The number of hydrogen-bond donors (Lipinski definition) is 2. The SMILES string of the molecule is Cc1ncc(-c2ccc3[nH]nc(-c4nc5c(N6CCN(C)CC6)ccnc5[nH]4)c3n2)n1C. The minimum Gasteiger partial charge on any atom is -0.367 e. The summed E-state index contributed by atoms with van der Waals surface area (Å²) in [6.45, 7) is 5.98. The van der Waals surface area contributed by atoms with Gasteiger partial charge in [0.25, 0.3) is 0 Å². The van der Waals surface area contributed by atoms with Crippen LogP contribution in [0.2, 0.25) is 0 Å². The number of H-pyrrole nitrogens is 2. The Hall–Kier alpha value is -3.79. The molecule has 1 aliphatic heterocycles. The van der Waals surface area contributed by atoms with E-state index < -0.39 is 0 Å². The van der Waals surface area contributed by atoms with Gasteiger partial charge in [-0.25, -0.2) is 19.9 Å². The number of likely N-dealkylation sites (N-methyl/N-ethyl adjacent to an activating group) is 1. The molecule has 0 spiro atoms. The van der Waals surface area contributed by atoms with Crippen molar-refractivity contribution in [1.29, 1.82) is 0 Å². The van der Waals surface area contributed by atoms with Crippen molar-refractivity contribution in [2.45, 2.75) is 6.92 Å². The van der Waals surface area contributed by atoms with Gasteiger partial charge in [0, 0.05) is 39.4 Å². The van der Waals surface area contributed by atoms with Crippen LogP contribution in [0.25, 0.3) is 45.1 Å². The highest BCUT2D eigenvalue weighted by Crippen LogP contribution is 2.30. The second-order valence-electron chi connectivity index (χ2n) is 8.32. The number of rotatable bonds is 3. The number of aromatic nitrogens is 8. The number of anilines is 1. The molecular formula is C22H24N10. The Labute approximate surface area is 184 Å². The summed E-state index contributed by atoms with van der Waals surface area (Å²) in [7, 11) is 4.15. The molecule has 0 radical (unpaired) electrons. The number of piperazine rings is 1. The normalized spacial score (nSPS) is 15.3. The summed E-state index contributed by atoms with van der Waals surface area (Å²) in [4.78, 5) is 26.8. The van der Waals surface area contributed by atoms with Gasteiger partial charge in [-0.2, -0.15) is 5.10 Å². The van der Waals surface area contributed by atoms with E-state index in [9.17, 15) is 0 Å². The van der Waals surface area contributed by atoms with Crippen molar-refractivity contribution in [3.8, 4) is 22.9 Å². The van der Waals surface area contributed by atoms with Gasteiger partial charge in [-0.1, -0.05) is 0 Å². The van der Waals surface area contributed by atoms with Crippen LogP contribution < -0.4 is 4.90 Å². The van der Waals surface area contributed by atoms with E-state index in [1.807, 2.05) is 49.1 Å². The first-order valence-electron chi connectivity index (χ1n) is 10.7. The largest absolute Gasteiger partial charge is 0.367 e. The Bertz CT molecular complexity index is 1430. The van der Waals surface area contributed by atoms with Crippen LogP contribution in [0.4, 0.5) is 5.69 Å². The zero-order valence-corrected chi connectivity index (χ0v) is 18.3. The smallest absolute Gasteiger partial charge is 0.162 e. The van der Waals surface area contributed by atoms with Gasteiger partial charge in [0.05, 0.1) is 28.8 Å². The zero-order chi connectivity index (χ0) is 21.8. The van der Waals surface area contributed by atoms with Crippen LogP contribution in [0.3, 0.4) is 0 Å². The van der Waals surface area contributed by atoms with E-state index in [4.69, 9.17) is 9.97 Å². The van der Waals surface area contributed by atoms with Crippen molar-refractivity contribution in [1.82, 2.24) is 44.6 Å². The van der Waals surface area contributed by atoms with Gasteiger partial charge < -0.3 is 19.4 Å². The molecule has 1 aliphatic rings. The molecule has 6 rings (SSSR count). The fourth-order valence-corrected chi connectivity index (χ4v) is 4.26. The molecular weight excluding hydrogens is 404 g/mol. The van der Waals surface area contributed by atoms with Crippen molar-refractivity contribution in [2.75, 3.05) is 38.1 Å². The molecule has 10 heteroatoms. The first kappa shape index (κ1) is 18.9. The molecule has 0 unspecified atom stereocenters.